The Labute approximate surface area is 100 Å². The molecule has 1 saturated heterocycles. The lowest BCUT2D eigenvalue weighted by Gasteiger charge is -2.09. The molecule has 17 heavy (non-hydrogen) atoms. The highest BCUT2D eigenvalue weighted by Crippen LogP contribution is 2.28. The number of sulfone groups is 1. The van der Waals surface area contributed by atoms with E-state index < -0.39 is 9.84 Å². The molecular formula is C10H17N3O3S. The van der Waals surface area contributed by atoms with Gasteiger partial charge in [-0.1, -0.05) is 19.0 Å². The standard InChI is InChI=1S/C10H17N3O3S/c1-6(2)8(11)9-12-10(16-13-9)7-3-4-17(14,15)5-7/h6-8H,3-5,11H2,1-2H3. The summed E-state index contributed by atoms with van der Waals surface area (Å²) in [5.74, 6) is 1.21. The van der Waals surface area contributed by atoms with Crippen LogP contribution < -0.4 is 5.73 Å². The quantitative estimate of drug-likeness (QED) is 0.854. The minimum atomic E-state index is -2.93. The van der Waals surface area contributed by atoms with Crippen LogP contribution in [-0.2, 0) is 9.84 Å². The van der Waals surface area contributed by atoms with Gasteiger partial charge in [-0.2, -0.15) is 4.98 Å². The van der Waals surface area contributed by atoms with E-state index >= 15 is 0 Å². The Kier molecular flexibility index (Phi) is 3.22. The molecule has 2 N–H and O–H groups in total. The molecule has 1 aliphatic rings. The number of hydrogen-bond acceptors (Lipinski definition) is 6. The Hall–Kier alpha value is -0.950. The Morgan fingerprint density at radius 2 is 2.18 bits per heavy atom. The van der Waals surface area contributed by atoms with E-state index in [1.54, 1.807) is 0 Å². The van der Waals surface area contributed by atoms with E-state index in [1.807, 2.05) is 13.8 Å². The second-order valence-corrected chi connectivity index (χ2v) is 7.09. The van der Waals surface area contributed by atoms with Crippen molar-refractivity contribution in [3.8, 4) is 0 Å². The molecule has 1 aromatic rings. The van der Waals surface area contributed by atoms with Gasteiger partial charge in [0.05, 0.1) is 23.5 Å². The molecule has 0 spiro atoms. The minimum Gasteiger partial charge on any atom is -0.339 e. The molecule has 1 fully saturated rings. The first-order chi connectivity index (χ1) is 7.89. The summed E-state index contributed by atoms with van der Waals surface area (Å²) in [7, 11) is -2.93. The lowest BCUT2D eigenvalue weighted by atomic mass is 10.1. The highest BCUT2D eigenvalue weighted by Gasteiger charge is 2.33. The summed E-state index contributed by atoms with van der Waals surface area (Å²) in [6, 6.07) is -0.273. The van der Waals surface area contributed by atoms with Gasteiger partial charge in [0.25, 0.3) is 0 Å². The summed E-state index contributed by atoms with van der Waals surface area (Å²) >= 11 is 0. The van der Waals surface area contributed by atoms with E-state index in [9.17, 15) is 8.42 Å². The fourth-order valence-electron chi connectivity index (χ4n) is 1.84. The molecule has 2 unspecified atom stereocenters. The first-order valence-corrected chi connectivity index (χ1v) is 7.50. The number of hydrogen-bond donors (Lipinski definition) is 1. The maximum Gasteiger partial charge on any atom is 0.230 e. The third-order valence-corrected chi connectivity index (χ3v) is 4.82. The molecule has 7 heteroatoms. The zero-order valence-electron chi connectivity index (χ0n) is 9.96. The predicted octanol–water partition coefficient (Wildman–Crippen LogP) is 0.628. The van der Waals surface area contributed by atoms with Gasteiger partial charge in [0.2, 0.25) is 5.89 Å². The van der Waals surface area contributed by atoms with Crippen molar-refractivity contribution in [2.24, 2.45) is 11.7 Å². The van der Waals surface area contributed by atoms with Crippen LogP contribution in [0.15, 0.2) is 4.52 Å². The van der Waals surface area contributed by atoms with Gasteiger partial charge >= 0.3 is 0 Å². The Morgan fingerprint density at radius 3 is 2.71 bits per heavy atom. The second kappa shape index (κ2) is 4.38. The maximum absolute atomic E-state index is 11.3. The number of aromatic nitrogens is 2. The van der Waals surface area contributed by atoms with Crippen LogP contribution in [0.4, 0.5) is 0 Å². The van der Waals surface area contributed by atoms with Gasteiger partial charge in [0.15, 0.2) is 15.7 Å². The van der Waals surface area contributed by atoms with E-state index in [0.29, 0.717) is 18.1 Å². The fourth-order valence-corrected chi connectivity index (χ4v) is 3.57. The van der Waals surface area contributed by atoms with E-state index in [4.69, 9.17) is 10.3 Å². The zero-order valence-corrected chi connectivity index (χ0v) is 10.8. The van der Waals surface area contributed by atoms with Crippen LogP contribution in [0.3, 0.4) is 0 Å². The Bertz CT molecular complexity index is 495. The van der Waals surface area contributed by atoms with Crippen LogP contribution in [0.1, 0.15) is 43.9 Å². The maximum atomic E-state index is 11.3. The lowest BCUT2D eigenvalue weighted by molar-refractivity contribution is 0.349. The molecule has 96 valence electrons. The van der Waals surface area contributed by atoms with Gasteiger partial charge in [-0.15, -0.1) is 0 Å². The van der Waals surface area contributed by atoms with Crippen molar-refractivity contribution in [1.82, 2.24) is 10.1 Å². The molecule has 0 radical (unpaired) electrons. The van der Waals surface area contributed by atoms with Gasteiger partial charge in [0, 0.05) is 0 Å². The highest BCUT2D eigenvalue weighted by molar-refractivity contribution is 7.91. The van der Waals surface area contributed by atoms with Crippen LogP contribution in [0, 0.1) is 5.92 Å². The van der Waals surface area contributed by atoms with E-state index in [2.05, 4.69) is 10.1 Å². The van der Waals surface area contributed by atoms with Crippen molar-refractivity contribution < 1.29 is 12.9 Å². The van der Waals surface area contributed by atoms with Gasteiger partial charge in [-0.3, -0.25) is 0 Å². The molecular weight excluding hydrogens is 242 g/mol. The van der Waals surface area contributed by atoms with Crippen molar-refractivity contribution in [2.75, 3.05) is 11.5 Å². The molecule has 2 atom stereocenters. The summed E-state index contributed by atoms with van der Waals surface area (Å²) in [5, 5.41) is 3.82. The average molecular weight is 259 g/mol. The summed E-state index contributed by atoms with van der Waals surface area (Å²) < 4.78 is 27.8. The monoisotopic (exact) mass is 259 g/mol. The molecule has 0 aliphatic carbocycles. The minimum absolute atomic E-state index is 0.103. The van der Waals surface area contributed by atoms with Crippen molar-refractivity contribution in [1.29, 1.82) is 0 Å². The molecule has 0 aromatic carbocycles. The highest BCUT2D eigenvalue weighted by atomic mass is 32.2. The van der Waals surface area contributed by atoms with Crippen LogP contribution in [0.5, 0.6) is 0 Å². The topological polar surface area (TPSA) is 99.1 Å². The van der Waals surface area contributed by atoms with Crippen molar-refractivity contribution in [2.45, 2.75) is 32.2 Å². The average Bonchev–Trinajstić information content (AvgIpc) is 2.82. The van der Waals surface area contributed by atoms with Crippen molar-refractivity contribution >= 4 is 9.84 Å². The van der Waals surface area contributed by atoms with Crippen LogP contribution in [0.2, 0.25) is 0 Å². The zero-order chi connectivity index (χ0) is 12.6. The van der Waals surface area contributed by atoms with E-state index in [1.165, 1.54) is 0 Å². The molecule has 2 heterocycles. The molecule has 0 saturated carbocycles. The number of rotatable bonds is 3. The Morgan fingerprint density at radius 1 is 1.47 bits per heavy atom. The van der Waals surface area contributed by atoms with Crippen LogP contribution in [0.25, 0.3) is 0 Å². The van der Waals surface area contributed by atoms with E-state index in [-0.39, 0.29) is 29.4 Å². The first kappa shape index (κ1) is 12.5. The van der Waals surface area contributed by atoms with Crippen LogP contribution in [-0.4, -0.2) is 30.1 Å². The normalized spacial score (nSPS) is 25.3. The van der Waals surface area contributed by atoms with E-state index in [0.717, 1.165) is 0 Å². The summed E-state index contributed by atoms with van der Waals surface area (Å²) in [6.07, 6.45) is 0.556. The van der Waals surface area contributed by atoms with Gasteiger partial charge < -0.3 is 10.3 Å². The molecule has 6 nitrogen and oxygen atoms in total. The summed E-state index contributed by atoms with van der Waals surface area (Å²) in [4.78, 5) is 4.21. The summed E-state index contributed by atoms with van der Waals surface area (Å²) in [5.41, 5.74) is 5.90. The van der Waals surface area contributed by atoms with Gasteiger partial charge in [0.1, 0.15) is 0 Å². The summed E-state index contributed by atoms with van der Waals surface area (Å²) in [6.45, 7) is 3.95. The molecule has 1 aromatic heterocycles. The largest absolute Gasteiger partial charge is 0.339 e. The first-order valence-electron chi connectivity index (χ1n) is 5.68. The van der Waals surface area contributed by atoms with Gasteiger partial charge in [-0.05, 0) is 12.3 Å². The van der Waals surface area contributed by atoms with Crippen molar-refractivity contribution in [3.63, 3.8) is 0 Å². The third kappa shape index (κ3) is 2.66. The fraction of sp³-hybridized carbons (Fsp3) is 0.800. The molecule has 0 amide bonds. The smallest absolute Gasteiger partial charge is 0.230 e. The Balaban J connectivity index is 2.14. The molecule has 2 rings (SSSR count). The van der Waals surface area contributed by atoms with Gasteiger partial charge in [-0.25, -0.2) is 8.42 Å². The third-order valence-electron chi connectivity index (χ3n) is 3.06. The van der Waals surface area contributed by atoms with Crippen LogP contribution >= 0.6 is 0 Å². The molecule has 0 bridgehead atoms. The van der Waals surface area contributed by atoms with Crippen molar-refractivity contribution in [3.05, 3.63) is 11.7 Å². The number of nitrogens with two attached hydrogens (primary N) is 1. The second-order valence-electron chi connectivity index (χ2n) is 4.86. The SMILES string of the molecule is CC(C)C(N)c1noc(C2CCS(=O)(=O)C2)n1. The molecule has 1 aliphatic heterocycles. The predicted molar refractivity (Wildman–Crippen MR) is 62.1 cm³/mol. The lowest BCUT2D eigenvalue weighted by Crippen LogP contribution is -2.18. The number of nitrogens with zero attached hydrogens (tertiary/aromatic N) is 2.